The predicted molar refractivity (Wildman–Crippen MR) is 135 cm³/mol. The van der Waals surface area contributed by atoms with Crippen molar-refractivity contribution in [1.29, 1.82) is 0 Å². The van der Waals surface area contributed by atoms with Crippen molar-refractivity contribution in [2.24, 2.45) is 0 Å². The fourth-order valence-corrected chi connectivity index (χ4v) is 5.01. The molecule has 5 nitrogen and oxygen atoms in total. The Morgan fingerprint density at radius 2 is 1.74 bits per heavy atom. The standard InChI is InChI=1S/C30H29NO4/c1-3-20-9-11-22(12-10-20)27-26(28(32)23-13-14-25-24(18-23)17-19(2)35-25)29(33)30(34)31(27)16-15-21-7-5-4-6-8-21/h4-14,18-19,27,32H,3,15-17H2,1-2H3/b28-26+/t19-,27+/m0/s1. The fraction of sp³-hybridized carbons (Fsp3) is 0.267. The highest BCUT2D eigenvalue weighted by atomic mass is 16.5. The largest absolute Gasteiger partial charge is 0.507 e. The van der Waals surface area contributed by atoms with Crippen LogP contribution in [-0.2, 0) is 28.9 Å². The maximum Gasteiger partial charge on any atom is 0.295 e. The molecule has 0 aliphatic carbocycles. The topological polar surface area (TPSA) is 66.8 Å². The molecule has 0 aromatic heterocycles. The molecule has 2 heterocycles. The van der Waals surface area contributed by atoms with E-state index in [0.29, 0.717) is 18.5 Å². The number of carbonyl (C=O) groups excluding carboxylic acids is 2. The van der Waals surface area contributed by atoms with Gasteiger partial charge < -0.3 is 14.7 Å². The van der Waals surface area contributed by atoms with Gasteiger partial charge in [-0.15, -0.1) is 0 Å². The van der Waals surface area contributed by atoms with Crippen molar-refractivity contribution in [2.75, 3.05) is 6.54 Å². The number of hydrogen-bond donors (Lipinski definition) is 1. The number of aryl methyl sites for hydroxylation is 1. The third kappa shape index (κ3) is 4.34. The van der Waals surface area contributed by atoms with Crippen LogP contribution >= 0.6 is 0 Å². The molecule has 1 fully saturated rings. The van der Waals surface area contributed by atoms with Crippen molar-refractivity contribution in [3.05, 3.63) is 106 Å². The van der Waals surface area contributed by atoms with Crippen LogP contribution < -0.4 is 4.74 Å². The van der Waals surface area contributed by atoms with Gasteiger partial charge in [0.15, 0.2) is 0 Å². The Kier molecular flexibility index (Phi) is 6.16. The van der Waals surface area contributed by atoms with Crippen LogP contribution in [0.25, 0.3) is 5.76 Å². The first kappa shape index (κ1) is 22.9. The van der Waals surface area contributed by atoms with Crippen molar-refractivity contribution >= 4 is 17.4 Å². The van der Waals surface area contributed by atoms with Gasteiger partial charge >= 0.3 is 0 Å². The zero-order valence-corrected chi connectivity index (χ0v) is 20.0. The summed E-state index contributed by atoms with van der Waals surface area (Å²) in [4.78, 5) is 28.1. The third-order valence-electron chi connectivity index (χ3n) is 6.90. The molecule has 3 aromatic rings. The van der Waals surface area contributed by atoms with Gasteiger partial charge in [0.2, 0.25) is 0 Å². The van der Waals surface area contributed by atoms with Gasteiger partial charge in [-0.2, -0.15) is 0 Å². The molecule has 0 unspecified atom stereocenters. The van der Waals surface area contributed by atoms with E-state index in [4.69, 9.17) is 4.74 Å². The zero-order chi connectivity index (χ0) is 24.5. The van der Waals surface area contributed by atoms with E-state index < -0.39 is 17.7 Å². The molecule has 0 saturated carbocycles. The first-order valence-corrected chi connectivity index (χ1v) is 12.2. The molecule has 35 heavy (non-hydrogen) atoms. The number of aliphatic hydroxyl groups is 1. The molecule has 1 saturated heterocycles. The number of Topliss-reactive ketones (excluding diaryl/α,β-unsaturated/α-hetero) is 1. The fourth-order valence-electron chi connectivity index (χ4n) is 5.01. The number of amides is 1. The summed E-state index contributed by atoms with van der Waals surface area (Å²) in [6, 6.07) is 22.6. The molecule has 5 heteroatoms. The summed E-state index contributed by atoms with van der Waals surface area (Å²) in [5, 5.41) is 11.4. The predicted octanol–water partition coefficient (Wildman–Crippen LogP) is 5.24. The maximum absolute atomic E-state index is 13.3. The second-order valence-electron chi connectivity index (χ2n) is 9.28. The molecule has 2 aliphatic heterocycles. The molecule has 0 radical (unpaired) electrons. The van der Waals surface area contributed by atoms with E-state index in [1.165, 1.54) is 5.56 Å². The number of likely N-dealkylation sites (tertiary alicyclic amines) is 1. The van der Waals surface area contributed by atoms with E-state index in [0.717, 1.165) is 35.3 Å². The van der Waals surface area contributed by atoms with Gasteiger partial charge in [0, 0.05) is 18.5 Å². The lowest BCUT2D eigenvalue weighted by Crippen LogP contribution is -2.31. The van der Waals surface area contributed by atoms with Crippen molar-refractivity contribution in [1.82, 2.24) is 4.90 Å². The van der Waals surface area contributed by atoms with Crippen LogP contribution in [0.4, 0.5) is 0 Å². The summed E-state index contributed by atoms with van der Waals surface area (Å²) in [6.07, 6.45) is 2.32. The van der Waals surface area contributed by atoms with Crippen LogP contribution in [0, 0.1) is 0 Å². The van der Waals surface area contributed by atoms with E-state index in [1.807, 2.05) is 73.7 Å². The molecule has 5 rings (SSSR count). The lowest BCUT2D eigenvalue weighted by molar-refractivity contribution is -0.139. The van der Waals surface area contributed by atoms with Gasteiger partial charge in [0.1, 0.15) is 17.6 Å². The molecular formula is C30H29NO4. The number of nitrogens with zero attached hydrogens (tertiary/aromatic N) is 1. The molecule has 1 amide bonds. The normalized spacial score (nSPS) is 20.7. The number of rotatable bonds is 6. The van der Waals surface area contributed by atoms with Gasteiger partial charge in [-0.05, 0) is 60.2 Å². The number of ether oxygens (including phenoxy) is 1. The first-order chi connectivity index (χ1) is 17.0. The quantitative estimate of drug-likeness (QED) is 0.306. The number of hydrogen-bond acceptors (Lipinski definition) is 4. The van der Waals surface area contributed by atoms with Crippen molar-refractivity contribution in [2.45, 2.75) is 45.3 Å². The highest BCUT2D eigenvalue weighted by molar-refractivity contribution is 6.46. The molecule has 0 bridgehead atoms. The monoisotopic (exact) mass is 467 g/mol. The second kappa shape index (κ2) is 9.41. The maximum atomic E-state index is 13.3. The molecule has 178 valence electrons. The average Bonchev–Trinajstić information content (AvgIpc) is 3.38. The third-order valence-corrected chi connectivity index (χ3v) is 6.90. The summed E-state index contributed by atoms with van der Waals surface area (Å²) in [7, 11) is 0. The van der Waals surface area contributed by atoms with Crippen LogP contribution in [0.2, 0.25) is 0 Å². The van der Waals surface area contributed by atoms with Crippen molar-refractivity contribution < 1.29 is 19.4 Å². The minimum Gasteiger partial charge on any atom is -0.507 e. The Balaban J connectivity index is 1.57. The molecule has 0 spiro atoms. The van der Waals surface area contributed by atoms with Gasteiger partial charge in [-0.1, -0.05) is 61.5 Å². The average molecular weight is 468 g/mol. The number of ketones is 1. The lowest BCUT2D eigenvalue weighted by Gasteiger charge is -2.25. The van der Waals surface area contributed by atoms with Gasteiger partial charge in [-0.25, -0.2) is 0 Å². The first-order valence-electron chi connectivity index (χ1n) is 12.2. The molecule has 3 aromatic carbocycles. The van der Waals surface area contributed by atoms with Crippen LogP contribution in [0.3, 0.4) is 0 Å². The zero-order valence-electron chi connectivity index (χ0n) is 20.0. The smallest absolute Gasteiger partial charge is 0.295 e. The minimum absolute atomic E-state index is 0.0723. The lowest BCUT2D eigenvalue weighted by atomic mass is 9.93. The summed E-state index contributed by atoms with van der Waals surface area (Å²) in [5.41, 5.74) is 4.72. The van der Waals surface area contributed by atoms with Gasteiger partial charge in [0.25, 0.3) is 11.7 Å². The van der Waals surface area contributed by atoms with Gasteiger partial charge in [-0.3, -0.25) is 9.59 Å². The molecular weight excluding hydrogens is 438 g/mol. The van der Waals surface area contributed by atoms with E-state index in [9.17, 15) is 14.7 Å². The summed E-state index contributed by atoms with van der Waals surface area (Å²) >= 11 is 0. The molecule has 2 atom stereocenters. The summed E-state index contributed by atoms with van der Waals surface area (Å²) < 4.78 is 5.78. The minimum atomic E-state index is -0.648. The number of carbonyl (C=O) groups is 2. The molecule has 1 N–H and O–H groups in total. The van der Waals surface area contributed by atoms with E-state index in [-0.39, 0.29) is 17.4 Å². The Hall–Kier alpha value is -3.86. The highest BCUT2D eigenvalue weighted by Crippen LogP contribution is 2.40. The Morgan fingerprint density at radius 3 is 2.46 bits per heavy atom. The van der Waals surface area contributed by atoms with Crippen molar-refractivity contribution in [3.63, 3.8) is 0 Å². The Bertz CT molecular complexity index is 1290. The summed E-state index contributed by atoms with van der Waals surface area (Å²) in [5.74, 6) is -0.572. The Morgan fingerprint density at radius 1 is 1.00 bits per heavy atom. The SMILES string of the molecule is CCc1ccc([C@@H]2/C(=C(\O)c3ccc4c(c3)C[C@H](C)O4)C(=O)C(=O)N2CCc2ccccc2)cc1. The van der Waals surface area contributed by atoms with Gasteiger partial charge in [0.05, 0.1) is 11.6 Å². The Labute approximate surface area is 205 Å². The number of benzene rings is 3. The van der Waals surface area contributed by atoms with E-state index in [1.54, 1.807) is 11.0 Å². The van der Waals surface area contributed by atoms with Crippen LogP contribution in [0.5, 0.6) is 5.75 Å². The van der Waals surface area contributed by atoms with Crippen molar-refractivity contribution in [3.8, 4) is 5.75 Å². The van der Waals surface area contributed by atoms with Crippen LogP contribution in [0.1, 0.15) is 47.7 Å². The highest BCUT2D eigenvalue weighted by Gasteiger charge is 2.45. The van der Waals surface area contributed by atoms with Crippen LogP contribution in [-0.4, -0.2) is 34.3 Å². The second-order valence-corrected chi connectivity index (χ2v) is 9.28. The van der Waals surface area contributed by atoms with Crippen LogP contribution in [0.15, 0.2) is 78.4 Å². The van der Waals surface area contributed by atoms with E-state index in [2.05, 4.69) is 6.92 Å². The number of fused-ring (bicyclic) bond motifs is 1. The number of aliphatic hydroxyl groups excluding tert-OH is 1. The molecule has 2 aliphatic rings. The van der Waals surface area contributed by atoms with E-state index >= 15 is 0 Å². The summed E-state index contributed by atoms with van der Waals surface area (Å²) in [6.45, 7) is 4.46.